The number of hydrogen-bond donors (Lipinski definition) is 1. The first kappa shape index (κ1) is 62.2. The molecule has 0 saturated carbocycles. The molecule has 1 aliphatic carbocycles. The van der Waals surface area contributed by atoms with Crippen molar-refractivity contribution in [1.82, 2.24) is 0 Å². The maximum absolute atomic E-state index is 15.3. The number of carbonyl (C=O) groups excluding carboxylic acids is 2. The maximum Gasteiger partial charge on any atom is 0.346 e. The van der Waals surface area contributed by atoms with Crippen molar-refractivity contribution in [3.05, 3.63) is 177 Å². The van der Waals surface area contributed by atoms with Gasteiger partial charge >= 0.3 is 5.97 Å². The van der Waals surface area contributed by atoms with Crippen LogP contribution in [0.5, 0.6) is 0 Å². The van der Waals surface area contributed by atoms with E-state index in [0.717, 1.165) is 14.5 Å². The van der Waals surface area contributed by atoms with Crippen molar-refractivity contribution in [2.75, 3.05) is 13.2 Å². The number of halogens is 2. The van der Waals surface area contributed by atoms with Gasteiger partial charge in [0.05, 0.1) is 22.7 Å². The van der Waals surface area contributed by atoms with Crippen LogP contribution in [0, 0.1) is 23.7 Å². The highest BCUT2D eigenvalue weighted by atomic mass is 79.9. The van der Waals surface area contributed by atoms with E-state index in [1.807, 2.05) is 43.3 Å². The molecule has 0 aromatic heterocycles. The second kappa shape index (κ2) is 24.8. The second-order valence-electron chi connectivity index (χ2n) is 25.5. The summed E-state index contributed by atoms with van der Waals surface area (Å²) in [5.41, 5.74) is 0.514. The molecule has 0 amide bonds. The first-order valence-corrected chi connectivity index (χ1v) is 35.7. The summed E-state index contributed by atoms with van der Waals surface area (Å²) in [5, 5.41) is 16.4. The topological polar surface area (TPSA) is 91.3 Å². The van der Waals surface area contributed by atoms with Crippen LogP contribution in [-0.2, 0) is 27.6 Å². The molecule has 1 saturated heterocycles. The fourth-order valence-corrected chi connectivity index (χ4v) is 22.2. The number of allylic oxidation sites excluding steroid dienone is 2. The van der Waals surface area contributed by atoms with Crippen LogP contribution in [-0.4, -0.2) is 66.7 Å². The van der Waals surface area contributed by atoms with Gasteiger partial charge in [0.1, 0.15) is 11.3 Å². The fraction of sp³-hybridized carbons (Fsp3) is 0.446. The lowest BCUT2D eigenvalue weighted by atomic mass is 9.69. The summed E-state index contributed by atoms with van der Waals surface area (Å²) in [6.07, 6.45) is 8.79. The number of Topliss-reactive ketones (excluding diaryl/α,β-unsaturated/α-hetero) is 1. The molecule has 0 bridgehead atoms. The average Bonchev–Trinajstić information content (AvgIpc) is 3.61. The lowest BCUT2D eigenvalue weighted by Gasteiger charge is -2.46. The lowest BCUT2D eigenvalue weighted by Crippen LogP contribution is -2.68. The molecule has 414 valence electrons. The van der Waals surface area contributed by atoms with E-state index < -0.39 is 48.2 Å². The van der Waals surface area contributed by atoms with Crippen molar-refractivity contribution in [3.8, 4) is 0 Å². The highest BCUT2D eigenvalue weighted by Crippen LogP contribution is 2.48. The Bertz CT molecular complexity index is 2760. The van der Waals surface area contributed by atoms with Crippen LogP contribution in [0.1, 0.15) is 110 Å². The van der Waals surface area contributed by atoms with Gasteiger partial charge in [0, 0.05) is 12.3 Å². The molecule has 6 atom stereocenters. The molecule has 12 heteroatoms. The number of rotatable bonds is 19. The molecule has 77 heavy (non-hydrogen) atoms. The SMILES string of the molecule is C/C(=C\[C@@H]1C=C(CO[Si](c2ccccc2)(c2ccccc2)C(C)(C)C)[C@H](C)C[C@]12OC(=O)/C(=C(O)\C(C)=C\[C@@H](C)C[C@H](C)[C@@H](C=C(Br)Br)O[Si](c1ccccc1)(c1ccccc1)C(C)(C)C)C2=O)CO[Si](C)(C)C(C)(C)C. The third kappa shape index (κ3) is 13.4. The van der Waals surface area contributed by atoms with Gasteiger partial charge in [-0.15, -0.1) is 0 Å². The quantitative estimate of drug-likeness (QED) is 0.0250. The standard InChI is InChI=1S/C65H86Br2O7Si3/c1-45(37-47(3)56(41-57(66)67)74-77(64(12,13)14,54-33-25-19-26-34-54)55-35-27-20-28-36-55)38-48(4)59(68)58-60(69)65(73-61(58)70)42-49(5)50(40-51(65)39-46(2)43-71-75(15,16)62(6,7)8)44-72-76(63(9,10)11,52-29-21-17-22-30-52)53-31-23-18-24-32-53/h17-36,38-41,45,47,49,51,56,68H,37,42-44H2,1-16H3/b46-39+,48-38+,59-58+/t45-,47-,49+,51+,56+,65-/m0/s1. The van der Waals surface area contributed by atoms with Gasteiger partial charge in [-0.25, -0.2) is 4.79 Å². The normalized spacial score (nSPS) is 21.1. The molecule has 0 radical (unpaired) electrons. The van der Waals surface area contributed by atoms with Gasteiger partial charge < -0.3 is 23.1 Å². The molecular weight excluding hydrogens is 1140 g/mol. The van der Waals surface area contributed by atoms with Gasteiger partial charge in [0.15, 0.2) is 13.9 Å². The minimum atomic E-state index is -2.95. The van der Waals surface area contributed by atoms with Gasteiger partial charge in [-0.2, -0.15) is 0 Å². The van der Waals surface area contributed by atoms with E-state index in [1.165, 1.54) is 20.7 Å². The smallest absolute Gasteiger partial charge is 0.346 e. The van der Waals surface area contributed by atoms with Crippen LogP contribution >= 0.6 is 31.9 Å². The van der Waals surface area contributed by atoms with Gasteiger partial charge in [-0.1, -0.05) is 228 Å². The van der Waals surface area contributed by atoms with Gasteiger partial charge in [0.2, 0.25) is 5.78 Å². The van der Waals surface area contributed by atoms with E-state index in [4.69, 9.17) is 18.0 Å². The van der Waals surface area contributed by atoms with Crippen molar-refractivity contribution in [1.29, 1.82) is 0 Å². The highest BCUT2D eigenvalue weighted by molar-refractivity contribution is 9.28. The van der Waals surface area contributed by atoms with E-state index in [-0.39, 0.29) is 56.7 Å². The van der Waals surface area contributed by atoms with E-state index in [0.29, 0.717) is 25.2 Å². The minimum Gasteiger partial charge on any atom is -0.507 e. The minimum absolute atomic E-state index is 0.00125. The fourth-order valence-electron chi connectivity index (χ4n) is 11.4. The average molecular weight is 1220 g/mol. The molecule has 7 nitrogen and oxygen atoms in total. The number of ketones is 1. The summed E-state index contributed by atoms with van der Waals surface area (Å²) in [6.45, 7) is 35.6. The Morgan fingerprint density at radius 1 is 0.714 bits per heavy atom. The van der Waals surface area contributed by atoms with Crippen molar-refractivity contribution >= 4 is 89.3 Å². The van der Waals surface area contributed by atoms with Crippen LogP contribution in [0.15, 0.2) is 177 Å². The number of aliphatic hydroxyl groups is 1. The lowest BCUT2D eigenvalue weighted by molar-refractivity contribution is -0.156. The Kier molecular flexibility index (Phi) is 20.0. The van der Waals surface area contributed by atoms with Crippen LogP contribution in [0.4, 0.5) is 0 Å². The number of aliphatic hydroxyl groups excluding tert-OH is 1. The van der Waals surface area contributed by atoms with Crippen molar-refractivity contribution in [3.63, 3.8) is 0 Å². The van der Waals surface area contributed by atoms with Gasteiger partial charge in [-0.05, 0) is 136 Å². The Morgan fingerprint density at radius 3 is 1.60 bits per heavy atom. The molecule has 1 heterocycles. The van der Waals surface area contributed by atoms with Crippen LogP contribution in [0.2, 0.25) is 28.2 Å². The summed E-state index contributed by atoms with van der Waals surface area (Å²) in [6, 6.07) is 42.4. The highest BCUT2D eigenvalue weighted by Gasteiger charge is 2.60. The second-order valence-corrected chi connectivity index (χ2v) is 41.6. The molecule has 1 N–H and O–H groups in total. The Hall–Kier alpha value is -3.99. The molecule has 0 unspecified atom stereocenters. The molecule has 4 aromatic carbocycles. The van der Waals surface area contributed by atoms with Crippen molar-refractivity contribution < 1.29 is 32.7 Å². The Balaban J connectivity index is 1.36. The Labute approximate surface area is 482 Å². The van der Waals surface area contributed by atoms with Crippen LogP contribution in [0.25, 0.3) is 0 Å². The number of benzene rings is 4. The number of ether oxygens (including phenoxy) is 1. The molecule has 2 aliphatic rings. The summed E-state index contributed by atoms with van der Waals surface area (Å²) < 4.78 is 29.1. The number of hydrogen-bond acceptors (Lipinski definition) is 7. The zero-order valence-corrected chi connectivity index (χ0v) is 54.9. The maximum atomic E-state index is 15.3. The molecular formula is C65H86Br2O7Si3. The largest absolute Gasteiger partial charge is 0.507 e. The summed E-state index contributed by atoms with van der Waals surface area (Å²) in [5.74, 6) is -2.61. The summed E-state index contributed by atoms with van der Waals surface area (Å²) in [7, 11) is -8.03. The van der Waals surface area contributed by atoms with E-state index in [1.54, 1.807) is 6.92 Å². The van der Waals surface area contributed by atoms with Crippen LogP contribution < -0.4 is 20.7 Å². The zero-order chi connectivity index (χ0) is 56.9. The van der Waals surface area contributed by atoms with Crippen molar-refractivity contribution in [2.45, 2.75) is 150 Å². The molecule has 1 aliphatic heterocycles. The first-order chi connectivity index (χ1) is 35.9. The zero-order valence-electron chi connectivity index (χ0n) is 48.7. The van der Waals surface area contributed by atoms with E-state index in [2.05, 4.69) is 237 Å². The first-order valence-electron chi connectivity index (χ1n) is 27.4. The third-order valence-corrected chi connectivity index (χ3v) is 31.6. The van der Waals surface area contributed by atoms with E-state index >= 15 is 4.79 Å². The molecule has 1 fully saturated rings. The summed E-state index contributed by atoms with van der Waals surface area (Å²) >= 11 is 7.35. The predicted octanol–water partition coefficient (Wildman–Crippen LogP) is 15.0. The Morgan fingerprint density at radius 2 is 1.17 bits per heavy atom. The predicted molar refractivity (Wildman–Crippen MR) is 334 cm³/mol. The monoisotopic (exact) mass is 1220 g/mol. The molecule has 4 aromatic rings. The summed E-state index contributed by atoms with van der Waals surface area (Å²) in [4.78, 5) is 29.7. The third-order valence-electron chi connectivity index (χ3n) is 16.5. The van der Waals surface area contributed by atoms with E-state index in [9.17, 15) is 9.90 Å². The van der Waals surface area contributed by atoms with Gasteiger partial charge in [-0.3, -0.25) is 4.79 Å². The van der Waals surface area contributed by atoms with Crippen molar-refractivity contribution in [2.24, 2.45) is 23.7 Å². The molecule has 6 rings (SSSR count). The molecule has 1 spiro atoms. The number of carbonyl (C=O) groups is 2. The van der Waals surface area contributed by atoms with Gasteiger partial charge in [0.25, 0.3) is 16.6 Å². The number of esters is 1. The van der Waals surface area contributed by atoms with Crippen LogP contribution in [0.3, 0.4) is 0 Å².